The Balaban J connectivity index is 1.88. The summed E-state index contributed by atoms with van der Waals surface area (Å²) < 4.78 is 26.3. The molecule has 0 aromatic heterocycles. The van der Waals surface area contributed by atoms with Gasteiger partial charge in [0.05, 0.1) is 5.56 Å². The van der Waals surface area contributed by atoms with E-state index >= 15 is 0 Å². The summed E-state index contributed by atoms with van der Waals surface area (Å²) in [5.41, 5.74) is 1.04. The van der Waals surface area contributed by atoms with Crippen molar-refractivity contribution in [3.8, 4) is 0 Å². The Bertz CT molecular complexity index is 733. The van der Waals surface area contributed by atoms with E-state index in [9.17, 15) is 18.4 Å². The molecule has 0 saturated carbocycles. The van der Waals surface area contributed by atoms with E-state index in [2.05, 4.69) is 16.0 Å². The van der Waals surface area contributed by atoms with Crippen molar-refractivity contribution in [2.45, 2.75) is 6.42 Å². The first-order chi connectivity index (χ1) is 11.5. The molecule has 0 fully saturated rings. The molecular formula is C17H17F2N3O2. The van der Waals surface area contributed by atoms with Crippen molar-refractivity contribution < 1.29 is 18.4 Å². The molecule has 7 heteroatoms. The summed E-state index contributed by atoms with van der Waals surface area (Å²) in [5.74, 6) is -1.56. The lowest BCUT2D eigenvalue weighted by Gasteiger charge is -2.09. The first kappa shape index (κ1) is 17.4. The number of rotatable bonds is 5. The van der Waals surface area contributed by atoms with E-state index < -0.39 is 17.8 Å². The maximum absolute atomic E-state index is 13.5. The summed E-state index contributed by atoms with van der Waals surface area (Å²) in [6, 6.07) is 9.25. The van der Waals surface area contributed by atoms with Crippen LogP contribution >= 0.6 is 0 Å². The van der Waals surface area contributed by atoms with Gasteiger partial charge in [-0.05, 0) is 42.3 Å². The highest BCUT2D eigenvalue weighted by Gasteiger charge is 2.12. The number of carbonyl (C=O) groups excluding carboxylic acids is 2. The van der Waals surface area contributed by atoms with Crippen LogP contribution in [0.2, 0.25) is 0 Å². The normalized spacial score (nSPS) is 10.1. The Labute approximate surface area is 138 Å². The summed E-state index contributed by atoms with van der Waals surface area (Å²) >= 11 is 0. The number of halogens is 2. The Kier molecular flexibility index (Phi) is 5.83. The van der Waals surface area contributed by atoms with Crippen molar-refractivity contribution in [3.05, 3.63) is 65.2 Å². The van der Waals surface area contributed by atoms with Gasteiger partial charge in [-0.1, -0.05) is 12.1 Å². The molecule has 2 aromatic carbocycles. The van der Waals surface area contributed by atoms with Gasteiger partial charge in [0.1, 0.15) is 11.6 Å². The third kappa shape index (κ3) is 4.77. The van der Waals surface area contributed by atoms with Gasteiger partial charge >= 0.3 is 6.03 Å². The zero-order valence-corrected chi connectivity index (χ0v) is 13.0. The van der Waals surface area contributed by atoms with E-state index in [0.717, 1.165) is 11.6 Å². The predicted octanol–water partition coefficient (Wildman–Crippen LogP) is 2.69. The molecule has 0 unspecified atom stereocenters. The summed E-state index contributed by atoms with van der Waals surface area (Å²) in [4.78, 5) is 23.3. The topological polar surface area (TPSA) is 70.2 Å². The van der Waals surface area contributed by atoms with Crippen LogP contribution in [0.5, 0.6) is 0 Å². The molecule has 0 aliphatic rings. The minimum absolute atomic E-state index is 0.151. The number of benzene rings is 2. The zero-order chi connectivity index (χ0) is 17.5. The standard InChI is InChI=1S/C17H17F2N3O2/c1-20-16(23)14-10-13(6-7-15(14)19)22-17(24)21-9-8-11-2-4-12(18)5-3-11/h2-7,10H,8-9H2,1H3,(H,20,23)(H2,21,22,24). The van der Waals surface area contributed by atoms with Gasteiger partial charge < -0.3 is 16.0 Å². The van der Waals surface area contributed by atoms with Gasteiger partial charge in [-0.25, -0.2) is 13.6 Å². The quantitative estimate of drug-likeness (QED) is 0.787. The van der Waals surface area contributed by atoms with Crippen molar-refractivity contribution in [3.63, 3.8) is 0 Å². The maximum Gasteiger partial charge on any atom is 0.319 e. The number of anilines is 1. The third-order valence-electron chi connectivity index (χ3n) is 3.31. The number of carbonyl (C=O) groups is 2. The van der Waals surface area contributed by atoms with Crippen molar-refractivity contribution in [2.75, 3.05) is 18.9 Å². The van der Waals surface area contributed by atoms with Gasteiger partial charge in [0.15, 0.2) is 0 Å². The highest BCUT2D eigenvalue weighted by molar-refractivity contribution is 5.96. The van der Waals surface area contributed by atoms with Crippen LogP contribution in [0.25, 0.3) is 0 Å². The second-order valence-electron chi connectivity index (χ2n) is 5.03. The second kappa shape index (κ2) is 8.05. The largest absolute Gasteiger partial charge is 0.355 e. The minimum Gasteiger partial charge on any atom is -0.355 e. The Morgan fingerprint density at radius 1 is 1.04 bits per heavy atom. The Morgan fingerprint density at radius 3 is 2.42 bits per heavy atom. The monoisotopic (exact) mass is 333 g/mol. The molecule has 0 spiro atoms. The van der Waals surface area contributed by atoms with E-state index in [-0.39, 0.29) is 11.4 Å². The van der Waals surface area contributed by atoms with Crippen molar-refractivity contribution in [1.82, 2.24) is 10.6 Å². The molecule has 0 aliphatic carbocycles. The van der Waals surface area contributed by atoms with Gasteiger partial charge in [0.2, 0.25) is 0 Å². The van der Waals surface area contributed by atoms with Crippen molar-refractivity contribution >= 4 is 17.6 Å². The maximum atomic E-state index is 13.5. The molecule has 0 aliphatic heterocycles. The van der Waals surface area contributed by atoms with Crippen LogP contribution < -0.4 is 16.0 Å². The molecule has 24 heavy (non-hydrogen) atoms. The van der Waals surface area contributed by atoms with Crippen molar-refractivity contribution in [2.24, 2.45) is 0 Å². The van der Waals surface area contributed by atoms with E-state index in [0.29, 0.717) is 18.7 Å². The molecule has 3 amide bonds. The fraction of sp³-hybridized carbons (Fsp3) is 0.176. The first-order valence-electron chi connectivity index (χ1n) is 7.30. The van der Waals surface area contributed by atoms with E-state index in [4.69, 9.17) is 0 Å². The molecule has 0 atom stereocenters. The lowest BCUT2D eigenvalue weighted by molar-refractivity contribution is 0.0959. The summed E-state index contributed by atoms with van der Waals surface area (Å²) in [6.07, 6.45) is 0.542. The van der Waals surface area contributed by atoms with Crippen LogP contribution in [-0.2, 0) is 6.42 Å². The van der Waals surface area contributed by atoms with Gasteiger partial charge in [-0.3, -0.25) is 4.79 Å². The summed E-state index contributed by atoms with van der Waals surface area (Å²) in [6.45, 7) is 0.348. The molecule has 5 nitrogen and oxygen atoms in total. The SMILES string of the molecule is CNC(=O)c1cc(NC(=O)NCCc2ccc(F)cc2)ccc1F. The summed E-state index contributed by atoms with van der Waals surface area (Å²) in [5, 5.41) is 7.49. The van der Waals surface area contributed by atoms with Crippen molar-refractivity contribution in [1.29, 1.82) is 0 Å². The summed E-state index contributed by atoms with van der Waals surface area (Å²) in [7, 11) is 1.39. The lowest BCUT2D eigenvalue weighted by atomic mass is 10.1. The smallest absolute Gasteiger partial charge is 0.319 e. The van der Waals surface area contributed by atoms with Gasteiger partial charge in [-0.15, -0.1) is 0 Å². The molecule has 0 bridgehead atoms. The molecular weight excluding hydrogens is 316 g/mol. The van der Waals surface area contributed by atoms with Crippen LogP contribution in [0.15, 0.2) is 42.5 Å². The molecule has 0 saturated heterocycles. The van der Waals surface area contributed by atoms with Gasteiger partial charge in [0.25, 0.3) is 5.91 Å². The molecule has 0 heterocycles. The number of urea groups is 1. The first-order valence-corrected chi connectivity index (χ1v) is 7.30. The number of hydrogen-bond acceptors (Lipinski definition) is 2. The van der Waals surface area contributed by atoms with E-state index in [1.807, 2.05) is 0 Å². The number of amides is 3. The van der Waals surface area contributed by atoms with Gasteiger partial charge in [-0.2, -0.15) is 0 Å². The van der Waals surface area contributed by atoms with Gasteiger partial charge in [0, 0.05) is 19.3 Å². The Hall–Kier alpha value is -2.96. The average Bonchev–Trinajstić information content (AvgIpc) is 2.57. The molecule has 3 N–H and O–H groups in total. The molecule has 126 valence electrons. The third-order valence-corrected chi connectivity index (χ3v) is 3.31. The fourth-order valence-corrected chi connectivity index (χ4v) is 2.06. The highest BCUT2D eigenvalue weighted by Crippen LogP contribution is 2.14. The fourth-order valence-electron chi connectivity index (χ4n) is 2.06. The van der Waals surface area contributed by atoms with Crippen LogP contribution in [0, 0.1) is 11.6 Å². The average molecular weight is 333 g/mol. The lowest BCUT2D eigenvalue weighted by Crippen LogP contribution is -2.30. The van der Waals surface area contributed by atoms with E-state index in [1.54, 1.807) is 12.1 Å². The van der Waals surface area contributed by atoms with Crippen LogP contribution in [-0.4, -0.2) is 25.5 Å². The predicted molar refractivity (Wildman–Crippen MR) is 86.9 cm³/mol. The Morgan fingerprint density at radius 2 is 1.75 bits per heavy atom. The van der Waals surface area contributed by atoms with E-state index in [1.165, 1.54) is 31.3 Å². The number of nitrogens with one attached hydrogen (secondary N) is 3. The molecule has 2 aromatic rings. The molecule has 2 rings (SSSR count). The van der Waals surface area contributed by atoms with Crippen LogP contribution in [0.3, 0.4) is 0 Å². The zero-order valence-electron chi connectivity index (χ0n) is 13.0. The minimum atomic E-state index is -0.670. The van der Waals surface area contributed by atoms with Crippen LogP contribution in [0.1, 0.15) is 15.9 Å². The highest BCUT2D eigenvalue weighted by atomic mass is 19.1. The number of hydrogen-bond donors (Lipinski definition) is 3. The van der Waals surface area contributed by atoms with Crippen LogP contribution in [0.4, 0.5) is 19.3 Å². The second-order valence-corrected chi connectivity index (χ2v) is 5.03. The molecule has 0 radical (unpaired) electrons.